The number of hydrogen-bond donors (Lipinski definition) is 0. The van der Waals surface area contributed by atoms with Gasteiger partial charge in [0.15, 0.2) is 12.0 Å². The number of oxazole rings is 1. The number of rotatable bonds is 0. The standard InChI is InChI=1S/C6H4F3N3O/c1-12-5-3(13-2-10-5)4(11-12)6(7,8)9/h2H,1H3. The van der Waals surface area contributed by atoms with Crippen LogP contribution >= 0.6 is 0 Å². The minimum absolute atomic E-state index is 0.0901. The van der Waals surface area contributed by atoms with E-state index in [2.05, 4.69) is 14.5 Å². The van der Waals surface area contributed by atoms with Crippen LogP contribution in [0.25, 0.3) is 11.2 Å². The van der Waals surface area contributed by atoms with Gasteiger partial charge in [-0.1, -0.05) is 0 Å². The van der Waals surface area contributed by atoms with E-state index in [1.165, 1.54) is 7.05 Å². The van der Waals surface area contributed by atoms with Gasteiger partial charge in [-0.05, 0) is 0 Å². The third kappa shape index (κ3) is 1.07. The quantitative estimate of drug-likeness (QED) is 0.634. The summed E-state index contributed by atoms with van der Waals surface area (Å²) in [6.45, 7) is 0. The summed E-state index contributed by atoms with van der Waals surface area (Å²) in [4.78, 5) is 3.59. The summed E-state index contributed by atoms with van der Waals surface area (Å²) in [6.07, 6.45) is -3.54. The van der Waals surface area contributed by atoms with Gasteiger partial charge in [-0.3, -0.25) is 0 Å². The first-order valence-corrected chi connectivity index (χ1v) is 3.33. The Bertz CT molecular complexity index is 441. The molecular formula is C6H4F3N3O. The maximum absolute atomic E-state index is 12.2. The molecule has 0 amide bonds. The Labute approximate surface area is 70.0 Å². The average molecular weight is 191 g/mol. The van der Waals surface area contributed by atoms with Crippen LogP contribution in [0.15, 0.2) is 10.8 Å². The van der Waals surface area contributed by atoms with Crippen LogP contribution in [0.1, 0.15) is 5.69 Å². The van der Waals surface area contributed by atoms with Gasteiger partial charge in [0.05, 0.1) is 0 Å². The van der Waals surface area contributed by atoms with Crippen molar-refractivity contribution in [2.24, 2.45) is 7.05 Å². The summed E-state index contributed by atoms with van der Waals surface area (Å²) in [7, 11) is 1.38. The van der Waals surface area contributed by atoms with Crippen LogP contribution in [0.5, 0.6) is 0 Å². The molecule has 2 aromatic rings. The Morgan fingerprint density at radius 1 is 1.46 bits per heavy atom. The number of fused-ring (bicyclic) bond motifs is 1. The van der Waals surface area contributed by atoms with Crippen LogP contribution in [0.3, 0.4) is 0 Å². The summed E-state index contributed by atoms with van der Waals surface area (Å²) >= 11 is 0. The Balaban J connectivity index is 2.76. The molecule has 13 heavy (non-hydrogen) atoms. The first-order chi connectivity index (χ1) is 6.00. The van der Waals surface area contributed by atoms with E-state index < -0.39 is 11.9 Å². The molecule has 0 bridgehead atoms. The highest BCUT2D eigenvalue weighted by atomic mass is 19.4. The van der Waals surface area contributed by atoms with Crippen LogP contribution in [0.2, 0.25) is 0 Å². The van der Waals surface area contributed by atoms with E-state index in [4.69, 9.17) is 0 Å². The zero-order valence-electron chi connectivity index (χ0n) is 6.46. The predicted molar refractivity (Wildman–Crippen MR) is 35.8 cm³/mol. The Morgan fingerprint density at radius 3 is 2.77 bits per heavy atom. The van der Waals surface area contributed by atoms with E-state index in [-0.39, 0.29) is 11.2 Å². The van der Waals surface area contributed by atoms with Crippen LogP contribution in [-0.4, -0.2) is 14.8 Å². The van der Waals surface area contributed by atoms with Crippen molar-refractivity contribution in [1.82, 2.24) is 14.8 Å². The number of halogens is 3. The Morgan fingerprint density at radius 2 is 2.15 bits per heavy atom. The summed E-state index contributed by atoms with van der Waals surface area (Å²) in [5.41, 5.74) is -1.27. The lowest BCUT2D eigenvalue weighted by molar-refractivity contribution is -0.140. The lowest BCUT2D eigenvalue weighted by atomic mass is 10.4. The van der Waals surface area contributed by atoms with Gasteiger partial charge in [-0.15, -0.1) is 0 Å². The molecule has 0 aliphatic rings. The summed E-state index contributed by atoms with van der Waals surface area (Å²) in [5, 5.41) is 3.26. The van der Waals surface area contributed by atoms with Crippen LogP contribution in [0.4, 0.5) is 13.2 Å². The smallest absolute Gasteiger partial charge is 0.439 e. The molecule has 0 aliphatic carbocycles. The van der Waals surface area contributed by atoms with Gasteiger partial charge < -0.3 is 4.42 Å². The summed E-state index contributed by atoms with van der Waals surface area (Å²) in [5.74, 6) is 0. The highest BCUT2D eigenvalue weighted by molar-refractivity contribution is 5.71. The number of nitrogens with zero attached hydrogens (tertiary/aromatic N) is 3. The molecule has 0 aliphatic heterocycles. The molecule has 0 fully saturated rings. The second-order valence-corrected chi connectivity index (χ2v) is 2.48. The zero-order valence-corrected chi connectivity index (χ0v) is 6.46. The molecule has 0 radical (unpaired) electrons. The fourth-order valence-electron chi connectivity index (χ4n) is 1.06. The highest BCUT2D eigenvalue weighted by Crippen LogP contribution is 2.33. The summed E-state index contributed by atoms with van der Waals surface area (Å²) in [6, 6.07) is 0. The first kappa shape index (κ1) is 8.09. The van der Waals surface area contributed by atoms with Gasteiger partial charge in [0.1, 0.15) is 0 Å². The number of alkyl halides is 3. The van der Waals surface area contributed by atoms with Gasteiger partial charge in [0, 0.05) is 7.05 Å². The van der Waals surface area contributed by atoms with Crippen molar-refractivity contribution in [3.05, 3.63) is 12.1 Å². The maximum atomic E-state index is 12.2. The SMILES string of the molecule is Cn1nc(C(F)(F)F)c2ocnc21. The van der Waals surface area contributed by atoms with E-state index in [1.54, 1.807) is 0 Å². The normalized spacial score (nSPS) is 12.6. The predicted octanol–water partition coefficient (Wildman–Crippen LogP) is 1.58. The molecule has 0 saturated heterocycles. The van der Waals surface area contributed by atoms with Gasteiger partial charge in [-0.25, -0.2) is 4.68 Å². The van der Waals surface area contributed by atoms with Crippen molar-refractivity contribution < 1.29 is 17.6 Å². The second-order valence-electron chi connectivity index (χ2n) is 2.48. The van der Waals surface area contributed by atoms with Gasteiger partial charge >= 0.3 is 6.18 Å². The largest absolute Gasteiger partial charge is 0.439 e. The van der Waals surface area contributed by atoms with Gasteiger partial charge in [0.2, 0.25) is 11.3 Å². The molecule has 0 N–H and O–H groups in total. The van der Waals surface area contributed by atoms with E-state index >= 15 is 0 Å². The number of aryl methyl sites for hydroxylation is 1. The van der Waals surface area contributed by atoms with E-state index in [9.17, 15) is 13.2 Å². The monoisotopic (exact) mass is 191 g/mol. The fraction of sp³-hybridized carbons (Fsp3) is 0.333. The number of hydrogen-bond acceptors (Lipinski definition) is 3. The van der Waals surface area contributed by atoms with Crippen LogP contribution in [0, 0.1) is 0 Å². The van der Waals surface area contributed by atoms with Crippen LogP contribution < -0.4 is 0 Å². The molecule has 4 nitrogen and oxygen atoms in total. The molecule has 0 aromatic carbocycles. The summed E-state index contributed by atoms with van der Waals surface area (Å²) < 4.78 is 42.3. The molecule has 2 aromatic heterocycles. The number of aromatic nitrogens is 3. The molecule has 7 heteroatoms. The fourth-order valence-corrected chi connectivity index (χ4v) is 1.06. The van der Waals surface area contributed by atoms with Crippen molar-refractivity contribution >= 4 is 11.2 Å². The Hall–Kier alpha value is -1.53. The molecule has 0 atom stereocenters. The third-order valence-corrected chi connectivity index (χ3v) is 1.59. The van der Waals surface area contributed by atoms with Crippen molar-refractivity contribution in [3.8, 4) is 0 Å². The zero-order chi connectivity index (χ0) is 9.64. The van der Waals surface area contributed by atoms with Gasteiger partial charge in [0.25, 0.3) is 0 Å². The third-order valence-electron chi connectivity index (χ3n) is 1.59. The molecule has 2 heterocycles. The minimum atomic E-state index is -4.50. The molecule has 0 saturated carbocycles. The molecule has 0 unspecified atom stereocenters. The minimum Gasteiger partial charge on any atom is -0.439 e. The molecule has 0 spiro atoms. The average Bonchev–Trinajstić information content (AvgIpc) is 2.51. The lowest BCUT2D eigenvalue weighted by Gasteiger charge is -1.99. The van der Waals surface area contributed by atoms with Gasteiger partial charge in [-0.2, -0.15) is 23.3 Å². The van der Waals surface area contributed by atoms with Crippen LogP contribution in [-0.2, 0) is 13.2 Å². The van der Waals surface area contributed by atoms with Crippen molar-refractivity contribution in [1.29, 1.82) is 0 Å². The highest BCUT2D eigenvalue weighted by Gasteiger charge is 2.38. The molecular weight excluding hydrogens is 187 g/mol. The van der Waals surface area contributed by atoms with E-state index in [0.717, 1.165) is 11.1 Å². The first-order valence-electron chi connectivity index (χ1n) is 3.33. The maximum Gasteiger partial charge on any atom is 0.439 e. The second kappa shape index (κ2) is 2.24. The van der Waals surface area contributed by atoms with E-state index in [1.807, 2.05) is 0 Å². The van der Waals surface area contributed by atoms with Crippen molar-refractivity contribution in [2.45, 2.75) is 6.18 Å². The molecule has 2 rings (SSSR count). The Kier molecular flexibility index (Phi) is 1.39. The molecule has 70 valence electrons. The topological polar surface area (TPSA) is 43.9 Å². The van der Waals surface area contributed by atoms with Crippen molar-refractivity contribution in [2.75, 3.05) is 0 Å². The van der Waals surface area contributed by atoms with E-state index in [0.29, 0.717) is 0 Å². The lowest BCUT2D eigenvalue weighted by Crippen LogP contribution is -2.07. The van der Waals surface area contributed by atoms with Crippen molar-refractivity contribution in [3.63, 3.8) is 0 Å².